The lowest BCUT2D eigenvalue weighted by molar-refractivity contribution is 0.00855. The molecule has 2 atom stereocenters. The number of rotatable bonds is 6. The quantitative estimate of drug-likeness (QED) is 0.628. The minimum absolute atomic E-state index is 0.194. The van der Waals surface area contributed by atoms with Crippen LogP contribution in [-0.4, -0.2) is 37.2 Å². The van der Waals surface area contributed by atoms with Gasteiger partial charge in [-0.1, -0.05) is 42.5 Å². The van der Waals surface area contributed by atoms with Crippen LogP contribution in [0.25, 0.3) is 11.0 Å². The SMILES string of the molecule is Cc1ccc2c(CN[C@@H](C)[C@@H](c3ccccc3)N3CCOCC3)cc(=O)oc2c1C. The molecule has 0 bridgehead atoms. The van der Waals surface area contributed by atoms with E-state index >= 15 is 0 Å². The Hall–Kier alpha value is -2.47. The van der Waals surface area contributed by atoms with E-state index in [1.165, 1.54) is 5.56 Å². The maximum Gasteiger partial charge on any atom is 0.336 e. The number of hydrogen-bond acceptors (Lipinski definition) is 5. The predicted molar refractivity (Wildman–Crippen MR) is 120 cm³/mol. The van der Waals surface area contributed by atoms with Gasteiger partial charge in [0.1, 0.15) is 5.58 Å². The molecule has 0 spiro atoms. The molecule has 0 amide bonds. The van der Waals surface area contributed by atoms with Crippen LogP contribution >= 0.6 is 0 Å². The summed E-state index contributed by atoms with van der Waals surface area (Å²) in [5, 5.41) is 4.69. The van der Waals surface area contributed by atoms with E-state index in [4.69, 9.17) is 9.15 Å². The number of hydrogen-bond donors (Lipinski definition) is 1. The molecule has 4 rings (SSSR count). The zero-order chi connectivity index (χ0) is 21.1. The van der Waals surface area contributed by atoms with Gasteiger partial charge in [0.2, 0.25) is 0 Å². The van der Waals surface area contributed by atoms with Gasteiger partial charge in [-0.25, -0.2) is 4.79 Å². The fourth-order valence-electron chi connectivity index (χ4n) is 4.37. The third kappa shape index (κ3) is 4.33. The standard InChI is InChI=1S/C25H30N2O3/c1-17-9-10-22-21(15-23(28)30-25(22)18(17)2)16-26-19(3)24(20-7-5-4-6-8-20)27-11-13-29-14-12-27/h4-10,15,19,24,26H,11-14,16H2,1-3H3/t19-,24-/m0/s1. The van der Waals surface area contributed by atoms with Crippen LogP contribution in [0.1, 0.15) is 35.2 Å². The van der Waals surface area contributed by atoms with Gasteiger partial charge in [0.15, 0.2) is 0 Å². The first-order valence-corrected chi connectivity index (χ1v) is 10.7. The third-order valence-electron chi connectivity index (χ3n) is 6.19. The summed E-state index contributed by atoms with van der Waals surface area (Å²) in [5.41, 5.74) is 4.82. The van der Waals surface area contributed by atoms with Gasteiger partial charge in [-0.2, -0.15) is 0 Å². The van der Waals surface area contributed by atoms with Crippen LogP contribution in [0, 0.1) is 13.8 Å². The maximum absolute atomic E-state index is 12.2. The first kappa shape index (κ1) is 20.8. The summed E-state index contributed by atoms with van der Waals surface area (Å²) < 4.78 is 11.1. The first-order chi connectivity index (χ1) is 14.5. The largest absolute Gasteiger partial charge is 0.422 e. The summed E-state index contributed by atoms with van der Waals surface area (Å²) in [6.07, 6.45) is 0. The van der Waals surface area contributed by atoms with Crippen molar-refractivity contribution in [3.8, 4) is 0 Å². The minimum atomic E-state index is -0.298. The molecule has 1 fully saturated rings. The molecule has 3 aromatic rings. The van der Waals surface area contributed by atoms with Crippen molar-refractivity contribution >= 4 is 11.0 Å². The molecular weight excluding hydrogens is 376 g/mol. The van der Waals surface area contributed by atoms with Crippen LogP contribution in [0.4, 0.5) is 0 Å². The van der Waals surface area contributed by atoms with E-state index in [9.17, 15) is 4.79 Å². The van der Waals surface area contributed by atoms with Crippen molar-refractivity contribution in [3.05, 3.63) is 81.2 Å². The van der Waals surface area contributed by atoms with Crippen molar-refractivity contribution < 1.29 is 9.15 Å². The number of nitrogens with zero attached hydrogens (tertiary/aromatic N) is 1. The van der Waals surface area contributed by atoms with E-state index in [-0.39, 0.29) is 17.7 Å². The predicted octanol–water partition coefficient (Wildman–Crippen LogP) is 3.96. The van der Waals surface area contributed by atoms with Crippen molar-refractivity contribution in [2.75, 3.05) is 26.3 Å². The zero-order valence-electron chi connectivity index (χ0n) is 18.0. The molecule has 158 valence electrons. The van der Waals surface area contributed by atoms with Crippen LogP contribution in [-0.2, 0) is 11.3 Å². The lowest BCUT2D eigenvalue weighted by Gasteiger charge is -2.38. The third-order valence-corrected chi connectivity index (χ3v) is 6.19. The smallest absolute Gasteiger partial charge is 0.336 e. The highest BCUT2D eigenvalue weighted by Gasteiger charge is 2.27. The average molecular weight is 407 g/mol. The van der Waals surface area contributed by atoms with Crippen LogP contribution in [0.2, 0.25) is 0 Å². The molecule has 5 nitrogen and oxygen atoms in total. The van der Waals surface area contributed by atoms with Gasteiger partial charge in [0.05, 0.1) is 19.3 Å². The monoisotopic (exact) mass is 406 g/mol. The van der Waals surface area contributed by atoms with Gasteiger partial charge in [0.25, 0.3) is 0 Å². The van der Waals surface area contributed by atoms with Crippen LogP contribution in [0.5, 0.6) is 0 Å². The van der Waals surface area contributed by atoms with Gasteiger partial charge >= 0.3 is 5.63 Å². The molecule has 0 saturated carbocycles. The number of benzene rings is 2. The number of nitrogens with one attached hydrogen (secondary N) is 1. The Morgan fingerprint density at radius 2 is 1.80 bits per heavy atom. The highest BCUT2D eigenvalue weighted by atomic mass is 16.5. The zero-order valence-corrected chi connectivity index (χ0v) is 18.0. The van der Waals surface area contributed by atoms with Crippen LogP contribution in [0.15, 0.2) is 57.7 Å². The summed E-state index contributed by atoms with van der Waals surface area (Å²) in [6, 6.07) is 16.8. The maximum atomic E-state index is 12.2. The van der Waals surface area contributed by atoms with Gasteiger partial charge in [0, 0.05) is 37.1 Å². The van der Waals surface area contributed by atoms with Crippen LogP contribution < -0.4 is 10.9 Å². The molecule has 1 N–H and O–H groups in total. The Balaban J connectivity index is 1.60. The number of ether oxygens (including phenoxy) is 1. The molecule has 2 heterocycles. The molecule has 0 unspecified atom stereocenters. The van der Waals surface area contributed by atoms with Crippen molar-refractivity contribution in [1.82, 2.24) is 10.2 Å². The Kier molecular flexibility index (Phi) is 6.32. The Morgan fingerprint density at radius 1 is 1.07 bits per heavy atom. The second-order valence-corrected chi connectivity index (χ2v) is 8.15. The summed E-state index contributed by atoms with van der Waals surface area (Å²) in [6.45, 7) is 10.2. The molecule has 5 heteroatoms. The molecule has 1 aliphatic heterocycles. The summed E-state index contributed by atoms with van der Waals surface area (Å²) in [4.78, 5) is 14.7. The molecule has 1 saturated heterocycles. The number of fused-ring (bicyclic) bond motifs is 1. The molecule has 2 aromatic carbocycles. The van der Waals surface area contributed by atoms with E-state index in [1.54, 1.807) is 6.07 Å². The lowest BCUT2D eigenvalue weighted by Crippen LogP contribution is -2.46. The van der Waals surface area contributed by atoms with Gasteiger partial charge in [-0.3, -0.25) is 4.90 Å². The van der Waals surface area contributed by atoms with E-state index < -0.39 is 0 Å². The Bertz CT molecular complexity index is 1060. The second-order valence-electron chi connectivity index (χ2n) is 8.15. The number of aryl methyl sites for hydroxylation is 2. The molecular formula is C25H30N2O3. The topological polar surface area (TPSA) is 54.7 Å². The van der Waals surface area contributed by atoms with Crippen molar-refractivity contribution in [3.63, 3.8) is 0 Å². The normalized spacial score (nSPS) is 17.2. The second kappa shape index (κ2) is 9.13. The van der Waals surface area contributed by atoms with Gasteiger partial charge in [-0.15, -0.1) is 0 Å². The Labute approximate surface area is 177 Å². The lowest BCUT2D eigenvalue weighted by atomic mass is 9.97. The Morgan fingerprint density at radius 3 is 2.53 bits per heavy atom. The summed E-state index contributed by atoms with van der Waals surface area (Å²) >= 11 is 0. The highest BCUT2D eigenvalue weighted by molar-refractivity contribution is 5.83. The molecule has 0 radical (unpaired) electrons. The average Bonchev–Trinajstić information content (AvgIpc) is 2.76. The van der Waals surface area contributed by atoms with E-state index in [2.05, 4.69) is 59.6 Å². The molecule has 1 aliphatic rings. The fourth-order valence-corrected chi connectivity index (χ4v) is 4.37. The molecule has 1 aromatic heterocycles. The van der Waals surface area contributed by atoms with Crippen molar-refractivity contribution in [1.29, 1.82) is 0 Å². The van der Waals surface area contributed by atoms with Crippen molar-refractivity contribution in [2.24, 2.45) is 0 Å². The summed E-state index contributed by atoms with van der Waals surface area (Å²) in [5.74, 6) is 0. The first-order valence-electron chi connectivity index (χ1n) is 10.7. The number of morpholine rings is 1. The van der Waals surface area contributed by atoms with E-state index in [1.807, 2.05) is 13.8 Å². The molecule has 30 heavy (non-hydrogen) atoms. The van der Waals surface area contributed by atoms with Crippen molar-refractivity contribution in [2.45, 2.75) is 39.4 Å². The fraction of sp³-hybridized carbons (Fsp3) is 0.400. The van der Waals surface area contributed by atoms with Gasteiger partial charge in [-0.05, 0) is 43.0 Å². The minimum Gasteiger partial charge on any atom is -0.422 e. The van der Waals surface area contributed by atoms with Gasteiger partial charge < -0.3 is 14.5 Å². The van der Waals surface area contributed by atoms with E-state index in [0.29, 0.717) is 12.1 Å². The molecule has 0 aliphatic carbocycles. The summed E-state index contributed by atoms with van der Waals surface area (Å²) in [7, 11) is 0. The van der Waals surface area contributed by atoms with E-state index in [0.717, 1.165) is 48.4 Å². The highest BCUT2D eigenvalue weighted by Crippen LogP contribution is 2.27. The van der Waals surface area contributed by atoms with Crippen LogP contribution in [0.3, 0.4) is 0 Å².